The number of carboxylic acids is 2. The highest BCUT2D eigenvalue weighted by molar-refractivity contribution is 7.19. The summed E-state index contributed by atoms with van der Waals surface area (Å²) >= 11 is 1.54. The van der Waals surface area contributed by atoms with Gasteiger partial charge in [0.25, 0.3) is 0 Å². The quantitative estimate of drug-likeness (QED) is 0.121. The Balaban J connectivity index is 1.50. The number of carbonyl (C=O) groups is 4. The molecule has 2 unspecified atom stereocenters. The number of esters is 1. The van der Waals surface area contributed by atoms with Crippen LogP contribution in [-0.2, 0) is 25.7 Å². The maximum Gasteiger partial charge on any atom is 0.337 e. The normalized spacial score (nSPS) is 13.4. The maximum absolute atomic E-state index is 14.0. The van der Waals surface area contributed by atoms with Crippen LogP contribution in [0, 0.1) is 5.92 Å². The van der Waals surface area contributed by atoms with Gasteiger partial charge in [-0.25, -0.2) is 9.78 Å². The van der Waals surface area contributed by atoms with Gasteiger partial charge in [0.15, 0.2) is 5.58 Å². The van der Waals surface area contributed by atoms with Crippen molar-refractivity contribution in [3.8, 4) is 0 Å². The van der Waals surface area contributed by atoms with Crippen LogP contribution in [0.1, 0.15) is 58.8 Å². The van der Waals surface area contributed by atoms with Crippen LogP contribution >= 0.6 is 11.3 Å². The number of nitrogens with zero attached hydrogens (tertiary/aromatic N) is 2. The number of oxazole rings is 1. The second kappa shape index (κ2) is 14.9. The molecule has 3 aromatic carbocycles. The molecule has 0 spiro atoms. The molecule has 1 amide bonds. The Bertz CT molecular complexity index is 1860. The number of carbonyl (C=O) groups excluding carboxylic acids is 2. The number of hydrogen-bond acceptors (Lipinski definition) is 8. The molecule has 0 bridgehead atoms. The Morgan fingerprint density at radius 3 is 2.38 bits per heavy atom. The summed E-state index contributed by atoms with van der Waals surface area (Å²) in [6.07, 6.45) is 2.98. The highest BCUT2D eigenvalue weighted by Crippen LogP contribution is 2.33. The highest BCUT2D eigenvalue weighted by atomic mass is 32.1. The number of thiophene rings is 1. The molecule has 3 atom stereocenters. The van der Waals surface area contributed by atoms with E-state index in [2.05, 4.69) is 4.98 Å². The number of aromatic nitrogens is 1. The monoisotopic (exact) mass is 654 g/mol. The van der Waals surface area contributed by atoms with E-state index in [9.17, 15) is 29.4 Å². The fraction of sp³-hybridized carbons (Fsp3) is 0.250. The predicted octanol–water partition coefficient (Wildman–Crippen LogP) is 7.00. The topological polar surface area (TPSA) is 147 Å². The number of para-hydroxylation sites is 2. The molecule has 47 heavy (non-hydrogen) atoms. The third kappa shape index (κ3) is 8.11. The van der Waals surface area contributed by atoms with E-state index in [1.807, 2.05) is 79.7 Å². The average molecular weight is 655 g/mol. The van der Waals surface area contributed by atoms with Crippen LogP contribution in [0.2, 0.25) is 0 Å². The molecule has 0 aliphatic heterocycles. The number of rotatable bonds is 14. The molecule has 0 aliphatic rings. The first-order chi connectivity index (χ1) is 22.6. The van der Waals surface area contributed by atoms with Crippen molar-refractivity contribution in [2.45, 2.75) is 44.7 Å². The van der Waals surface area contributed by atoms with E-state index in [-0.39, 0.29) is 12.5 Å². The van der Waals surface area contributed by atoms with Crippen molar-refractivity contribution >= 4 is 62.4 Å². The van der Waals surface area contributed by atoms with Gasteiger partial charge < -0.3 is 24.3 Å². The number of hydrogen-bond donors (Lipinski definition) is 2. The fourth-order valence-corrected chi connectivity index (χ4v) is 6.68. The molecule has 0 saturated heterocycles. The molecule has 11 heteroatoms. The summed E-state index contributed by atoms with van der Waals surface area (Å²) in [4.78, 5) is 56.6. The van der Waals surface area contributed by atoms with Crippen molar-refractivity contribution in [3.05, 3.63) is 107 Å². The number of amides is 1. The second-order valence-corrected chi connectivity index (χ2v) is 12.4. The predicted molar refractivity (Wildman–Crippen MR) is 178 cm³/mol. The summed E-state index contributed by atoms with van der Waals surface area (Å²) in [5, 5.41) is 20.1. The average Bonchev–Trinajstić information content (AvgIpc) is 3.68. The van der Waals surface area contributed by atoms with Gasteiger partial charge in [-0.15, -0.1) is 11.3 Å². The van der Waals surface area contributed by atoms with Crippen LogP contribution in [0.25, 0.3) is 27.3 Å². The Morgan fingerprint density at radius 2 is 1.70 bits per heavy atom. The molecule has 2 N–H and O–H groups in total. The zero-order valence-electron chi connectivity index (χ0n) is 25.9. The molecule has 5 aromatic rings. The van der Waals surface area contributed by atoms with Crippen molar-refractivity contribution in [3.63, 3.8) is 0 Å². The minimum absolute atomic E-state index is 0.199. The van der Waals surface area contributed by atoms with Gasteiger partial charge in [0.2, 0.25) is 11.8 Å². The minimum Gasteiger partial charge on any atom is -0.481 e. The van der Waals surface area contributed by atoms with Gasteiger partial charge in [0.1, 0.15) is 5.52 Å². The molecular formula is C36H34N2O8S. The van der Waals surface area contributed by atoms with Crippen molar-refractivity contribution in [1.29, 1.82) is 0 Å². The zero-order valence-corrected chi connectivity index (χ0v) is 26.7. The van der Waals surface area contributed by atoms with Gasteiger partial charge in [-0.2, -0.15) is 0 Å². The molecule has 0 radical (unpaired) electrons. The number of methoxy groups -OCH3 is 1. The zero-order chi connectivity index (χ0) is 33.5. The Morgan fingerprint density at radius 1 is 0.979 bits per heavy atom. The van der Waals surface area contributed by atoms with E-state index in [0.717, 1.165) is 26.0 Å². The van der Waals surface area contributed by atoms with Crippen molar-refractivity contribution in [2.24, 2.45) is 5.92 Å². The SMILES string of the molecule is COC(=O)c1ccc(C(CC=Cc2nc3ccccc3o2)C(C)N(Cc2cc3ccccc3s2)C(=O)C[C@H](CC(=O)O)C(=O)O)cc1. The Labute approximate surface area is 274 Å². The summed E-state index contributed by atoms with van der Waals surface area (Å²) in [5.41, 5.74) is 2.59. The number of carboxylic acid groups (broad SMARTS) is 2. The molecule has 0 aliphatic carbocycles. The van der Waals surface area contributed by atoms with Gasteiger partial charge >= 0.3 is 17.9 Å². The number of fused-ring (bicyclic) bond motifs is 2. The molecule has 10 nitrogen and oxygen atoms in total. The lowest BCUT2D eigenvalue weighted by Gasteiger charge is -2.35. The van der Waals surface area contributed by atoms with Crippen LogP contribution in [0.3, 0.4) is 0 Å². The molecule has 0 saturated carbocycles. The summed E-state index contributed by atoms with van der Waals surface area (Å²) < 4.78 is 11.8. The maximum atomic E-state index is 14.0. The summed E-state index contributed by atoms with van der Waals surface area (Å²) in [7, 11) is 1.31. The largest absolute Gasteiger partial charge is 0.481 e. The standard InChI is InChI=1S/C36H34N2O8S/c1-22(38(33(39)19-26(35(42)43)20-34(40)41)21-27-18-25-8-3-6-12-31(25)47-27)28(23-14-16-24(17-15-23)36(44)45-2)9-7-13-32-37-29-10-4-5-11-30(29)46-32/h3-8,10-18,22,26,28H,9,19-21H2,1-2H3,(H,40,41)(H,42,43)/t22?,26-,28?/m1/s1. The van der Waals surface area contributed by atoms with E-state index in [0.29, 0.717) is 23.5 Å². The number of benzene rings is 3. The lowest BCUT2D eigenvalue weighted by Crippen LogP contribution is -2.42. The second-order valence-electron chi connectivity index (χ2n) is 11.2. The van der Waals surface area contributed by atoms with Gasteiger partial charge in [-0.1, -0.05) is 48.5 Å². The van der Waals surface area contributed by atoms with E-state index < -0.39 is 48.6 Å². The fourth-order valence-electron chi connectivity index (χ4n) is 5.62. The molecule has 5 rings (SSSR count). The first-order valence-corrected chi connectivity index (χ1v) is 15.9. The van der Waals surface area contributed by atoms with Crippen LogP contribution in [0.4, 0.5) is 0 Å². The van der Waals surface area contributed by atoms with Gasteiger partial charge in [-0.05, 0) is 66.8 Å². The third-order valence-corrected chi connectivity index (χ3v) is 9.21. The minimum atomic E-state index is -1.38. The molecule has 242 valence electrons. The number of allylic oxidation sites excluding steroid dienone is 1. The Hall–Kier alpha value is -5.29. The van der Waals surface area contributed by atoms with Crippen molar-refractivity contribution in [1.82, 2.24) is 9.88 Å². The van der Waals surface area contributed by atoms with Gasteiger partial charge in [0, 0.05) is 28.0 Å². The lowest BCUT2D eigenvalue weighted by molar-refractivity contribution is -0.151. The number of ether oxygens (including phenoxy) is 1. The summed E-state index contributed by atoms with van der Waals surface area (Å²) in [5.74, 6) is -4.85. The lowest BCUT2D eigenvalue weighted by atomic mass is 9.87. The molecule has 2 heterocycles. The van der Waals surface area contributed by atoms with E-state index in [1.54, 1.807) is 23.1 Å². The smallest absolute Gasteiger partial charge is 0.337 e. The van der Waals surface area contributed by atoms with Crippen molar-refractivity contribution < 1.29 is 38.5 Å². The Kier molecular flexibility index (Phi) is 10.5. The van der Waals surface area contributed by atoms with E-state index in [1.165, 1.54) is 18.4 Å². The summed E-state index contributed by atoms with van der Waals surface area (Å²) in [6.45, 7) is 2.09. The molecule has 0 fully saturated rings. The van der Waals surface area contributed by atoms with E-state index >= 15 is 0 Å². The number of aliphatic carboxylic acids is 2. The summed E-state index contributed by atoms with van der Waals surface area (Å²) in [6, 6.07) is 23.8. The van der Waals surface area contributed by atoms with Crippen LogP contribution in [-0.4, -0.2) is 57.1 Å². The van der Waals surface area contributed by atoms with Crippen molar-refractivity contribution in [2.75, 3.05) is 7.11 Å². The molecule has 2 aromatic heterocycles. The highest BCUT2D eigenvalue weighted by Gasteiger charge is 2.32. The first kappa shape index (κ1) is 33.1. The first-order valence-electron chi connectivity index (χ1n) is 15.0. The van der Waals surface area contributed by atoms with Gasteiger partial charge in [-0.3, -0.25) is 14.4 Å². The van der Waals surface area contributed by atoms with Crippen LogP contribution in [0.15, 0.2) is 89.4 Å². The van der Waals surface area contributed by atoms with E-state index in [4.69, 9.17) is 9.15 Å². The van der Waals surface area contributed by atoms with Crippen LogP contribution in [0.5, 0.6) is 0 Å². The van der Waals surface area contributed by atoms with Crippen LogP contribution < -0.4 is 0 Å². The van der Waals surface area contributed by atoms with Gasteiger partial charge in [0.05, 0.1) is 31.6 Å². The third-order valence-electron chi connectivity index (χ3n) is 8.11. The molecular weight excluding hydrogens is 620 g/mol.